The number of rotatable bonds is 12. The van der Waals surface area contributed by atoms with Crippen molar-refractivity contribution in [3.05, 3.63) is 0 Å². The van der Waals surface area contributed by atoms with Crippen molar-refractivity contribution < 1.29 is 0 Å². The average molecular weight is 256 g/mol. The molecule has 2 nitrogen and oxygen atoms in total. The van der Waals surface area contributed by atoms with Crippen LogP contribution in [0.15, 0.2) is 0 Å². The maximum absolute atomic E-state index is 6.03. The highest BCUT2D eigenvalue weighted by atomic mass is 14.8. The van der Waals surface area contributed by atoms with Crippen molar-refractivity contribution >= 4 is 0 Å². The van der Waals surface area contributed by atoms with E-state index in [2.05, 4.69) is 6.92 Å². The van der Waals surface area contributed by atoms with Crippen molar-refractivity contribution in [1.82, 2.24) is 0 Å². The lowest BCUT2D eigenvalue weighted by atomic mass is 9.92. The van der Waals surface area contributed by atoms with Crippen LogP contribution in [0.1, 0.15) is 91.4 Å². The molecule has 0 aliphatic rings. The van der Waals surface area contributed by atoms with E-state index in [1.165, 1.54) is 64.2 Å². The van der Waals surface area contributed by atoms with Crippen LogP contribution in [0.5, 0.6) is 0 Å². The van der Waals surface area contributed by atoms with Crippen LogP contribution >= 0.6 is 0 Å². The average Bonchev–Trinajstić information content (AvgIpc) is 2.30. The van der Waals surface area contributed by atoms with Crippen molar-refractivity contribution in [3.8, 4) is 0 Å². The van der Waals surface area contributed by atoms with Gasteiger partial charge in [-0.15, -0.1) is 0 Å². The lowest BCUT2D eigenvalue weighted by Crippen LogP contribution is -2.50. The van der Waals surface area contributed by atoms with Crippen LogP contribution in [0.2, 0.25) is 0 Å². The zero-order valence-electron chi connectivity index (χ0n) is 13.0. The van der Waals surface area contributed by atoms with E-state index in [1.807, 2.05) is 13.8 Å². The summed E-state index contributed by atoms with van der Waals surface area (Å²) in [6.45, 7) is 6.31. The molecule has 1 atom stereocenters. The number of nitrogens with two attached hydrogens (primary N) is 2. The molecule has 0 spiro atoms. The molecule has 0 aliphatic carbocycles. The third kappa shape index (κ3) is 11.0. The van der Waals surface area contributed by atoms with Crippen LogP contribution in [0, 0.1) is 0 Å². The Bertz CT molecular complexity index is 172. The summed E-state index contributed by atoms with van der Waals surface area (Å²) in [5, 5.41) is 0. The predicted molar refractivity (Wildman–Crippen MR) is 82.7 cm³/mol. The summed E-state index contributed by atoms with van der Waals surface area (Å²) < 4.78 is 0. The fourth-order valence-corrected chi connectivity index (χ4v) is 2.22. The molecule has 0 saturated carbocycles. The second-order valence-electron chi connectivity index (χ2n) is 6.40. The Morgan fingerprint density at radius 1 is 0.778 bits per heavy atom. The third-order valence-corrected chi connectivity index (χ3v) is 3.82. The van der Waals surface area contributed by atoms with E-state index in [-0.39, 0.29) is 11.6 Å². The van der Waals surface area contributed by atoms with Gasteiger partial charge in [0, 0.05) is 11.6 Å². The molecule has 0 aromatic rings. The molecule has 0 amide bonds. The molecule has 110 valence electrons. The Hall–Kier alpha value is -0.0800. The van der Waals surface area contributed by atoms with E-state index in [4.69, 9.17) is 11.5 Å². The molecule has 0 saturated heterocycles. The molecule has 2 heteroatoms. The summed E-state index contributed by atoms with van der Waals surface area (Å²) in [6.07, 6.45) is 14.8. The Balaban J connectivity index is 3.17. The zero-order valence-corrected chi connectivity index (χ0v) is 13.0. The molecule has 0 radical (unpaired) electrons. The number of unbranched alkanes of at least 4 members (excludes halogenated alkanes) is 9. The van der Waals surface area contributed by atoms with Gasteiger partial charge < -0.3 is 11.5 Å². The SMILES string of the molecule is CCCCCCCCCCCCC(N)C(C)(C)N. The lowest BCUT2D eigenvalue weighted by molar-refractivity contribution is 0.376. The van der Waals surface area contributed by atoms with E-state index >= 15 is 0 Å². The van der Waals surface area contributed by atoms with Gasteiger partial charge in [0.25, 0.3) is 0 Å². The monoisotopic (exact) mass is 256 g/mol. The van der Waals surface area contributed by atoms with E-state index in [1.54, 1.807) is 0 Å². The fraction of sp³-hybridized carbons (Fsp3) is 1.00. The highest BCUT2D eigenvalue weighted by molar-refractivity contribution is 4.84. The van der Waals surface area contributed by atoms with Gasteiger partial charge >= 0.3 is 0 Å². The van der Waals surface area contributed by atoms with E-state index in [0.29, 0.717) is 0 Å². The van der Waals surface area contributed by atoms with Gasteiger partial charge in [-0.25, -0.2) is 0 Å². The molecule has 18 heavy (non-hydrogen) atoms. The summed E-state index contributed by atoms with van der Waals surface area (Å²) in [5.41, 5.74) is 11.8. The topological polar surface area (TPSA) is 52.0 Å². The van der Waals surface area contributed by atoms with Gasteiger partial charge in [0.05, 0.1) is 0 Å². The summed E-state index contributed by atoms with van der Waals surface area (Å²) in [7, 11) is 0. The molecular formula is C16H36N2. The van der Waals surface area contributed by atoms with Crippen LogP contribution in [-0.4, -0.2) is 11.6 Å². The van der Waals surface area contributed by atoms with Crippen LogP contribution in [0.3, 0.4) is 0 Å². The Morgan fingerprint density at radius 3 is 1.56 bits per heavy atom. The molecule has 4 N–H and O–H groups in total. The molecular weight excluding hydrogens is 220 g/mol. The van der Waals surface area contributed by atoms with Gasteiger partial charge in [-0.1, -0.05) is 71.1 Å². The normalized spacial score (nSPS) is 13.8. The van der Waals surface area contributed by atoms with Crippen molar-refractivity contribution in [2.75, 3.05) is 0 Å². The van der Waals surface area contributed by atoms with E-state index in [0.717, 1.165) is 6.42 Å². The first-order valence-corrected chi connectivity index (χ1v) is 8.03. The summed E-state index contributed by atoms with van der Waals surface area (Å²) in [5.74, 6) is 0. The minimum absolute atomic E-state index is 0.145. The first-order chi connectivity index (χ1) is 8.48. The molecule has 0 bridgehead atoms. The maximum Gasteiger partial charge on any atom is 0.0250 e. The summed E-state index contributed by atoms with van der Waals surface area (Å²) in [6, 6.07) is 0.145. The molecule has 0 heterocycles. The van der Waals surface area contributed by atoms with Crippen molar-refractivity contribution in [1.29, 1.82) is 0 Å². The van der Waals surface area contributed by atoms with Crippen molar-refractivity contribution in [3.63, 3.8) is 0 Å². The molecule has 0 aliphatic heterocycles. The van der Waals surface area contributed by atoms with Crippen molar-refractivity contribution in [2.24, 2.45) is 11.5 Å². The molecule has 0 rings (SSSR count). The molecule has 0 fully saturated rings. The van der Waals surface area contributed by atoms with Gasteiger partial charge in [0.1, 0.15) is 0 Å². The maximum atomic E-state index is 6.03. The second kappa shape index (κ2) is 10.8. The smallest absolute Gasteiger partial charge is 0.0250 e. The Labute approximate surface area is 115 Å². The highest BCUT2D eigenvalue weighted by Gasteiger charge is 2.19. The van der Waals surface area contributed by atoms with Gasteiger partial charge in [-0.2, -0.15) is 0 Å². The fourth-order valence-electron chi connectivity index (χ4n) is 2.22. The third-order valence-electron chi connectivity index (χ3n) is 3.82. The minimum atomic E-state index is -0.223. The van der Waals surface area contributed by atoms with Gasteiger partial charge in [0.2, 0.25) is 0 Å². The predicted octanol–water partition coefficient (Wildman–Crippen LogP) is 4.36. The van der Waals surface area contributed by atoms with E-state index in [9.17, 15) is 0 Å². The quantitative estimate of drug-likeness (QED) is 0.510. The van der Waals surface area contributed by atoms with Gasteiger partial charge in [-0.3, -0.25) is 0 Å². The second-order valence-corrected chi connectivity index (χ2v) is 6.40. The van der Waals surface area contributed by atoms with Gasteiger partial charge in [0.15, 0.2) is 0 Å². The first kappa shape index (κ1) is 17.9. The zero-order chi connectivity index (χ0) is 13.9. The van der Waals surface area contributed by atoms with E-state index < -0.39 is 0 Å². The highest BCUT2D eigenvalue weighted by Crippen LogP contribution is 2.14. The summed E-state index contributed by atoms with van der Waals surface area (Å²) >= 11 is 0. The Morgan fingerprint density at radius 2 is 1.17 bits per heavy atom. The number of hydrogen-bond donors (Lipinski definition) is 2. The van der Waals surface area contributed by atoms with Crippen molar-refractivity contribution in [2.45, 2.75) is 103 Å². The largest absolute Gasteiger partial charge is 0.326 e. The first-order valence-electron chi connectivity index (χ1n) is 8.03. The molecule has 0 aromatic carbocycles. The van der Waals surface area contributed by atoms with Crippen LogP contribution in [0.4, 0.5) is 0 Å². The van der Waals surface area contributed by atoms with Gasteiger partial charge in [-0.05, 0) is 20.3 Å². The standard InChI is InChI=1S/C16H36N2/c1-4-5-6-7-8-9-10-11-12-13-14-15(17)16(2,3)18/h15H,4-14,17-18H2,1-3H3. The lowest BCUT2D eigenvalue weighted by Gasteiger charge is -2.26. The molecule has 1 unspecified atom stereocenters. The van der Waals surface area contributed by atoms with Crippen LogP contribution < -0.4 is 11.5 Å². The Kier molecular flexibility index (Phi) is 10.8. The van der Waals surface area contributed by atoms with Crippen LogP contribution in [-0.2, 0) is 0 Å². The summed E-state index contributed by atoms with van der Waals surface area (Å²) in [4.78, 5) is 0. The number of hydrogen-bond acceptors (Lipinski definition) is 2. The minimum Gasteiger partial charge on any atom is -0.326 e. The van der Waals surface area contributed by atoms with Crippen LogP contribution in [0.25, 0.3) is 0 Å². The molecule has 0 aromatic heterocycles.